The number of hydrogen-bond acceptors (Lipinski definition) is 10. The van der Waals surface area contributed by atoms with Crippen LogP contribution in [-0.4, -0.2) is 90.3 Å². The van der Waals surface area contributed by atoms with E-state index in [1.807, 2.05) is 0 Å². The predicted octanol–water partition coefficient (Wildman–Crippen LogP) is 0.620. The molecule has 1 saturated carbocycles. The molecule has 1 saturated heterocycles. The third-order valence-corrected chi connectivity index (χ3v) is 7.06. The van der Waals surface area contributed by atoms with E-state index in [1.54, 1.807) is 0 Å². The molecule has 15 heteroatoms. The van der Waals surface area contributed by atoms with E-state index in [9.17, 15) is 24.6 Å². The Morgan fingerprint density at radius 1 is 1.30 bits per heavy atom. The van der Waals surface area contributed by atoms with Crippen molar-refractivity contribution in [1.82, 2.24) is 19.7 Å². The number of methoxy groups -OCH3 is 1. The molecule has 33 heavy (non-hydrogen) atoms. The minimum absolute atomic E-state index is 0.0123. The maximum absolute atomic E-state index is 11.5. The summed E-state index contributed by atoms with van der Waals surface area (Å²) in [5, 5.41) is 29.3. The number of anilines is 1. The highest BCUT2D eigenvalue weighted by atomic mass is 35.5. The largest absolute Gasteiger partial charge is 0.387 e. The number of aliphatic hydroxyl groups is 2. The molecule has 184 valence electrons. The van der Waals surface area contributed by atoms with Gasteiger partial charge in [-0.2, -0.15) is 15.1 Å². The Morgan fingerprint density at radius 2 is 2.03 bits per heavy atom. The maximum Gasteiger partial charge on any atom is 0.356 e. The zero-order valence-electron chi connectivity index (χ0n) is 17.8. The van der Waals surface area contributed by atoms with E-state index in [-0.39, 0.29) is 17.9 Å². The molecule has 2 aromatic heterocycles. The second-order valence-corrected chi connectivity index (χ2v) is 10.3. The van der Waals surface area contributed by atoms with Gasteiger partial charge in [-0.15, -0.1) is 0 Å². The molecular weight excluding hydrogens is 481 g/mol. The van der Waals surface area contributed by atoms with E-state index in [2.05, 4.69) is 20.4 Å². The lowest BCUT2D eigenvalue weighted by atomic mass is 10.1. The molecule has 1 unspecified atom stereocenters. The van der Waals surface area contributed by atoms with Gasteiger partial charge in [-0.25, -0.2) is 4.68 Å². The number of hydrogen-bond donors (Lipinski definition) is 5. The molecule has 4 rings (SSSR count). The molecule has 0 radical (unpaired) electrons. The number of halogens is 1. The average Bonchev–Trinajstić information content (AvgIpc) is 3.46. The number of aromatic nitrogens is 4. The van der Waals surface area contributed by atoms with Gasteiger partial charge in [0.1, 0.15) is 24.1 Å². The molecule has 5 N–H and O–H groups in total. The molecule has 3 heterocycles. The highest BCUT2D eigenvalue weighted by Crippen LogP contribution is 2.42. The molecule has 2 aromatic rings. The Hall–Kier alpha value is -1.41. The molecule has 1 aliphatic carbocycles. The van der Waals surface area contributed by atoms with Gasteiger partial charge >= 0.3 is 7.60 Å². The van der Waals surface area contributed by atoms with Crippen LogP contribution in [0.2, 0.25) is 5.28 Å². The van der Waals surface area contributed by atoms with Crippen molar-refractivity contribution in [3.05, 3.63) is 11.5 Å². The van der Waals surface area contributed by atoms with Crippen LogP contribution in [0.3, 0.4) is 0 Å². The van der Waals surface area contributed by atoms with Gasteiger partial charge in [0.25, 0.3) is 0 Å². The monoisotopic (exact) mass is 507 g/mol. The molecule has 5 atom stereocenters. The van der Waals surface area contributed by atoms with Crippen LogP contribution in [0.4, 0.5) is 5.82 Å². The zero-order chi connectivity index (χ0) is 23.8. The van der Waals surface area contributed by atoms with Gasteiger partial charge in [0, 0.05) is 13.2 Å². The lowest BCUT2D eigenvalue weighted by Crippen LogP contribution is -2.35. The summed E-state index contributed by atoms with van der Waals surface area (Å²) in [7, 11) is -3.33. The topological polar surface area (TPSA) is 181 Å². The Labute approximate surface area is 194 Å². The van der Waals surface area contributed by atoms with E-state index >= 15 is 0 Å². The second kappa shape index (κ2) is 10.1. The molecular formula is C18H27ClN5O8P. The molecule has 0 aromatic carbocycles. The summed E-state index contributed by atoms with van der Waals surface area (Å²) in [6.45, 7) is -0.744. The zero-order valence-corrected chi connectivity index (χ0v) is 19.5. The van der Waals surface area contributed by atoms with Crippen molar-refractivity contribution in [1.29, 1.82) is 0 Å². The van der Waals surface area contributed by atoms with E-state index in [0.29, 0.717) is 16.9 Å². The van der Waals surface area contributed by atoms with Crippen molar-refractivity contribution in [3.8, 4) is 0 Å². The Kier molecular flexibility index (Phi) is 7.53. The van der Waals surface area contributed by atoms with Crippen LogP contribution in [0.25, 0.3) is 11.0 Å². The van der Waals surface area contributed by atoms with Gasteiger partial charge in [0.05, 0.1) is 24.8 Å². The van der Waals surface area contributed by atoms with Crippen LogP contribution in [0.5, 0.6) is 0 Å². The average molecular weight is 508 g/mol. The normalized spacial score (nSPS) is 27.5. The minimum Gasteiger partial charge on any atom is -0.387 e. The predicted molar refractivity (Wildman–Crippen MR) is 116 cm³/mol. The summed E-state index contributed by atoms with van der Waals surface area (Å²) in [6.07, 6.45) is 0.821. The summed E-state index contributed by atoms with van der Waals surface area (Å²) in [4.78, 5) is 27.3. The van der Waals surface area contributed by atoms with Gasteiger partial charge in [0.2, 0.25) is 5.28 Å². The number of rotatable bonds is 9. The standard InChI is InChI=1S/C18H27ClN5O8P/c1-30-8-12(33(27,28)29)31-7-11-13(25)14(26)17(32-11)24-16-10(6-20-24)15(22-18(19)23-16)21-9-4-2-3-5-9/h6,9,11-14,17,25-26H,2-5,7-8H2,1H3,(H,21,22,23)(H2,27,28,29)/t11?,12-,13+,14+,17+/m0/s1. The third-order valence-electron chi connectivity index (χ3n) is 5.84. The highest BCUT2D eigenvalue weighted by molar-refractivity contribution is 7.52. The van der Waals surface area contributed by atoms with Crippen molar-refractivity contribution < 1.29 is 38.8 Å². The van der Waals surface area contributed by atoms with Crippen LogP contribution in [0, 0.1) is 0 Å². The molecule has 1 aliphatic heterocycles. The summed E-state index contributed by atoms with van der Waals surface area (Å²) in [6, 6.07) is 0.272. The first kappa shape index (κ1) is 24.7. The van der Waals surface area contributed by atoms with Crippen LogP contribution in [0.15, 0.2) is 6.20 Å². The summed E-state index contributed by atoms with van der Waals surface area (Å²) < 4.78 is 28.6. The lowest BCUT2D eigenvalue weighted by molar-refractivity contribution is -0.0826. The van der Waals surface area contributed by atoms with E-state index in [4.69, 9.17) is 25.8 Å². The number of fused-ring (bicyclic) bond motifs is 1. The number of nitrogens with one attached hydrogen (secondary N) is 1. The van der Waals surface area contributed by atoms with Crippen molar-refractivity contribution in [2.45, 2.75) is 62.1 Å². The molecule has 13 nitrogen and oxygen atoms in total. The molecule has 0 spiro atoms. The maximum atomic E-state index is 11.5. The summed E-state index contributed by atoms with van der Waals surface area (Å²) in [5.74, 6) is -1.00. The Bertz CT molecular complexity index is 1020. The number of aliphatic hydroxyl groups excluding tert-OH is 2. The second-order valence-electron chi connectivity index (χ2n) is 8.17. The van der Waals surface area contributed by atoms with Crippen molar-refractivity contribution in [2.24, 2.45) is 0 Å². The summed E-state index contributed by atoms with van der Waals surface area (Å²) in [5.41, 5.74) is 0.306. The smallest absolute Gasteiger partial charge is 0.356 e. The van der Waals surface area contributed by atoms with Gasteiger partial charge in [-0.3, -0.25) is 4.57 Å². The Morgan fingerprint density at radius 3 is 2.70 bits per heavy atom. The van der Waals surface area contributed by atoms with Crippen molar-refractivity contribution in [3.63, 3.8) is 0 Å². The fourth-order valence-electron chi connectivity index (χ4n) is 4.12. The molecule has 2 fully saturated rings. The molecule has 2 aliphatic rings. The first-order chi connectivity index (χ1) is 15.7. The van der Waals surface area contributed by atoms with Crippen molar-refractivity contribution >= 4 is 36.0 Å². The first-order valence-electron chi connectivity index (χ1n) is 10.5. The molecule has 0 amide bonds. The Balaban J connectivity index is 1.53. The fourth-order valence-corrected chi connectivity index (χ4v) is 4.91. The van der Waals surface area contributed by atoms with Gasteiger partial charge in [-0.1, -0.05) is 12.8 Å². The van der Waals surface area contributed by atoms with E-state index in [0.717, 1.165) is 25.7 Å². The first-order valence-corrected chi connectivity index (χ1v) is 12.6. The van der Waals surface area contributed by atoms with Gasteiger partial charge < -0.3 is 39.5 Å². The van der Waals surface area contributed by atoms with Crippen LogP contribution < -0.4 is 5.32 Å². The quantitative estimate of drug-likeness (QED) is 0.236. The summed E-state index contributed by atoms with van der Waals surface area (Å²) >= 11 is 6.13. The van der Waals surface area contributed by atoms with Crippen LogP contribution in [0.1, 0.15) is 31.9 Å². The number of nitrogens with zero attached hydrogens (tertiary/aromatic N) is 4. The van der Waals surface area contributed by atoms with Crippen molar-refractivity contribution in [2.75, 3.05) is 25.6 Å². The van der Waals surface area contributed by atoms with E-state index < -0.39 is 44.6 Å². The van der Waals surface area contributed by atoms with E-state index in [1.165, 1.54) is 18.0 Å². The fraction of sp³-hybridized carbons (Fsp3) is 0.722. The SMILES string of the molecule is COC[C@@H](OCC1O[C@@H](n2ncc3c(NC4CCCC4)nc(Cl)nc32)[C@H](O)[C@@H]1O)P(=O)(O)O. The van der Waals surface area contributed by atoms with Crippen LogP contribution in [-0.2, 0) is 18.8 Å². The van der Waals surface area contributed by atoms with Gasteiger partial charge in [0.15, 0.2) is 17.7 Å². The minimum atomic E-state index is -4.61. The van der Waals surface area contributed by atoms with Gasteiger partial charge in [-0.05, 0) is 24.4 Å². The number of ether oxygens (including phenoxy) is 3. The third kappa shape index (κ3) is 5.31. The molecule has 0 bridgehead atoms. The highest BCUT2D eigenvalue weighted by Gasteiger charge is 2.46. The van der Waals surface area contributed by atoms with Crippen LogP contribution >= 0.6 is 19.2 Å². The lowest BCUT2D eigenvalue weighted by Gasteiger charge is -2.21.